The van der Waals surface area contributed by atoms with Gasteiger partial charge in [0.25, 0.3) is 0 Å². The van der Waals surface area contributed by atoms with Crippen LogP contribution in [0.3, 0.4) is 0 Å². The number of aromatic nitrogens is 1. The number of benzene rings is 1. The third-order valence-corrected chi connectivity index (χ3v) is 2.99. The second-order valence-corrected chi connectivity index (χ2v) is 3.96. The fraction of sp³-hybridized carbons (Fsp3) is 0.222. The lowest BCUT2D eigenvalue weighted by Crippen LogP contribution is -2.03. The van der Waals surface area contributed by atoms with Crippen LogP contribution in [-0.4, -0.2) is 11.5 Å². The topological polar surface area (TPSA) is 81.9 Å². The summed E-state index contributed by atoms with van der Waals surface area (Å²) in [6.45, 7) is 0.513. The van der Waals surface area contributed by atoms with Crippen LogP contribution < -0.4 is 15.7 Å². The Hall–Kier alpha value is -1.33. The first-order valence-corrected chi connectivity index (χ1v) is 5.06. The molecule has 0 saturated carbocycles. The van der Waals surface area contributed by atoms with E-state index in [1.54, 1.807) is 6.07 Å². The molecule has 2 rings (SSSR count). The van der Waals surface area contributed by atoms with Crippen molar-refractivity contribution >= 4 is 21.6 Å². The minimum absolute atomic E-state index is 0.140. The number of thiazole rings is 1. The lowest BCUT2D eigenvalue weighted by molar-refractivity contribution is -0.266. The van der Waals surface area contributed by atoms with Crippen LogP contribution in [0.2, 0.25) is 0 Å². The molecule has 0 radical (unpaired) electrons. The molecule has 14 heavy (non-hydrogen) atoms. The van der Waals surface area contributed by atoms with Crippen molar-refractivity contribution in [3.05, 3.63) is 27.4 Å². The highest BCUT2D eigenvalue weighted by Gasteiger charge is 2.04. The molecule has 0 atom stereocenters. The normalized spacial score (nSPS) is 10.9. The zero-order chi connectivity index (χ0) is 10.1. The van der Waals surface area contributed by atoms with E-state index in [1.807, 2.05) is 0 Å². The molecule has 0 aliphatic carbocycles. The van der Waals surface area contributed by atoms with Gasteiger partial charge in [0.05, 0.1) is 10.2 Å². The van der Waals surface area contributed by atoms with Crippen molar-refractivity contribution < 1.29 is 5.11 Å². The molecule has 4 nitrogen and oxygen atoms in total. The molecule has 0 bridgehead atoms. The maximum absolute atomic E-state index is 11.4. The molecule has 2 aromatic rings. The first kappa shape index (κ1) is 9.23. The van der Waals surface area contributed by atoms with E-state index in [4.69, 9.17) is 5.73 Å². The van der Waals surface area contributed by atoms with Crippen LogP contribution in [0.15, 0.2) is 16.9 Å². The van der Waals surface area contributed by atoms with Crippen LogP contribution in [0.1, 0.15) is 5.56 Å². The molecular formula is C9H9N2O2S-. The quantitative estimate of drug-likeness (QED) is 0.739. The maximum Gasteiger partial charge on any atom is 0.305 e. The van der Waals surface area contributed by atoms with E-state index in [-0.39, 0.29) is 10.6 Å². The molecule has 0 fully saturated rings. The van der Waals surface area contributed by atoms with E-state index in [0.29, 0.717) is 18.5 Å². The van der Waals surface area contributed by atoms with Gasteiger partial charge in [-0.25, -0.2) is 0 Å². The van der Waals surface area contributed by atoms with Crippen LogP contribution >= 0.6 is 11.3 Å². The second kappa shape index (κ2) is 3.43. The van der Waals surface area contributed by atoms with Gasteiger partial charge in [-0.1, -0.05) is 29.2 Å². The SMILES string of the molecule is NCCc1ccc([O-])c2[nH]c(=O)sc12. The predicted molar refractivity (Wildman–Crippen MR) is 54.7 cm³/mol. The van der Waals surface area contributed by atoms with Gasteiger partial charge in [-0.3, -0.25) is 4.79 Å². The van der Waals surface area contributed by atoms with Crippen molar-refractivity contribution in [1.29, 1.82) is 0 Å². The van der Waals surface area contributed by atoms with Gasteiger partial charge in [0.2, 0.25) is 0 Å². The van der Waals surface area contributed by atoms with Crippen LogP contribution in [0, 0.1) is 0 Å². The van der Waals surface area contributed by atoms with Gasteiger partial charge < -0.3 is 15.8 Å². The molecule has 1 heterocycles. The minimum atomic E-state index is -0.193. The first-order valence-electron chi connectivity index (χ1n) is 4.24. The molecule has 1 aromatic carbocycles. The summed E-state index contributed by atoms with van der Waals surface area (Å²) in [6.07, 6.45) is 0.685. The smallest absolute Gasteiger partial charge is 0.305 e. The van der Waals surface area contributed by atoms with Gasteiger partial charge in [-0.2, -0.15) is 0 Å². The van der Waals surface area contributed by atoms with Gasteiger partial charge in [0.1, 0.15) is 0 Å². The number of fused-ring (bicyclic) bond motifs is 1. The summed E-state index contributed by atoms with van der Waals surface area (Å²) in [5.74, 6) is -0.140. The molecule has 0 amide bonds. The molecule has 0 aliphatic rings. The summed E-state index contributed by atoms with van der Waals surface area (Å²) in [4.78, 5) is 13.4. The second-order valence-electron chi connectivity index (χ2n) is 2.98. The summed E-state index contributed by atoms with van der Waals surface area (Å²) < 4.78 is 0.743. The molecule has 0 unspecified atom stereocenters. The molecular weight excluding hydrogens is 200 g/mol. The minimum Gasteiger partial charge on any atom is -0.871 e. The Labute approximate surface area is 84.0 Å². The molecule has 1 aromatic heterocycles. The predicted octanol–water partition coefficient (Wildman–Crippen LogP) is 0.164. The Balaban J connectivity index is 2.74. The van der Waals surface area contributed by atoms with Crippen LogP contribution in [0.4, 0.5) is 0 Å². The summed E-state index contributed by atoms with van der Waals surface area (Å²) in [5, 5.41) is 11.4. The zero-order valence-corrected chi connectivity index (χ0v) is 8.19. The van der Waals surface area contributed by atoms with Crippen molar-refractivity contribution in [3.8, 4) is 5.75 Å². The lowest BCUT2D eigenvalue weighted by atomic mass is 10.1. The fourth-order valence-electron chi connectivity index (χ4n) is 1.42. The van der Waals surface area contributed by atoms with Crippen LogP contribution in [0.5, 0.6) is 5.75 Å². The van der Waals surface area contributed by atoms with Crippen molar-refractivity contribution in [2.24, 2.45) is 5.73 Å². The summed E-state index contributed by atoms with van der Waals surface area (Å²) >= 11 is 1.07. The molecule has 0 aliphatic heterocycles. The van der Waals surface area contributed by atoms with Crippen molar-refractivity contribution in [1.82, 2.24) is 4.98 Å². The number of nitrogens with two attached hydrogens (primary N) is 1. The molecule has 0 spiro atoms. The van der Waals surface area contributed by atoms with Gasteiger partial charge in [-0.05, 0) is 18.5 Å². The highest BCUT2D eigenvalue weighted by Crippen LogP contribution is 2.25. The number of H-pyrrole nitrogens is 1. The average molecular weight is 209 g/mol. The van der Waals surface area contributed by atoms with Gasteiger partial charge >= 0.3 is 4.87 Å². The average Bonchev–Trinajstić information content (AvgIpc) is 2.53. The third kappa shape index (κ3) is 1.40. The molecule has 5 heteroatoms. The Morgan fingerprint density at radius 2 is 2.29 bits per heavy atom. The zero-order valence-electron chi connectivity index (χ0n) is 7.37. The summed E-state index contributed by atoms with van der Waals surface area (Å²) in [7, 11) is 0. The van der Waals surface area contributed by atoms with Crippen molar-refractivity contribution in [2.45, 2.75) is 6.42 Å². The van der Waals surface area contributed by atoms with E-state index in [0.717, 1.165) is 21.6 Å². The number of hydrogen-bond donors (Lipinski definition) is 2. The summed E-state index contributed by atoms with van der Waals surface area (Å²) in [5.41, 5.74) is 6.81. The highest BCUT2D eigenvalue weighted by molar-refractivity contribution is 7.16. The summed E-state index contributed by atoms with van der Waals surface area (Å²) in [6, 6.07) is 3.21. The van der Waals surface area contributed by atoms with E-state index in [9.17, 15) is 9.90 Å². The van der Waals surface area contributed by atoms with Crippen molar-refractivity contribution in [2.75, 3.05) is 6.54 Å². The number of hydrogen-bond acceptors (Lipinski definition) is 4. The van der Waals surface area contributed by atoms with Gasteiger partial charge in [0.15, 0.2) is 0 Å². The Morgan fingerprint density at radius 3 is 3.00 bits per heavy atom. The fourth-order valence-corrected chi connectivity index (χ4v) is 2.31. The Bertz CT molecular complexity index is 515. The first-order chi connectivity index (χ1) is 6.72. The van der Waals surface area contributed by atoms with Gasteiger partial charge in [-0.15, -0.1) is 0 Å². The van der Waals surface area contributed by atoms with E-state index in [2.05, 4.69) is 4.98 Å². The lowest BCUT2D eigenvalue weighted by Gasteiger charge is -2.08. The highest BCUT2D eigenvalue weighted by atomic mass is 32.1. The van der Waals surface area contributed by atoms with E-state index >= 15 is 0 Å². The van der Waals surface area contributed by atoms with Crippen molar-refractivity contribution in [3.63, 3.8) is 0 Å². The van der Waals surface area contributed by atoms with Gasteiger partial charge in [0, 0.05) is 0 Å². The third-order valence-electron chi connectivity index (χ3n) is 2.04. The largest absolute Gasteiger partial charge is 0.871 e. The molecule has 0 saturated heterocycles. The Morgan fingerprint density at radius 1 is 1.50 bits per heavy atom. The number of rotatable bonds is 2. The molecule has 74 valence electrons. The maximum atomic E-state index is 11.4. The van der Waals surface area contributed by atoms with Crippen LogP contribution in [0.25, 0.3) is 10.2 Å². The number of aromatic amines is 1. The van der Waals surface area contributed by atoms with E-state index < -0.39 is 0 Å². The molecule has 3 N–H and O–H groups in total. The Kier molecular flexibility index (Phi) is 2.26. The van der Waals surface area contributed by atoms with Crippen LogP contribution in [-0.2, 0) is 6.42 Å². The van der Waals surface area contributed by atoms with E-state index in [1.165, 1.54) is 6.07 Å². The monoisotopic (exact) mass is 209 g/mol. The number of nitrogens with one attached hydrogen (secondary N) is 1. The standard InChI is InChI=1S/C9H10N2O2S/c10-4-3-5-1-2-6(12)7-8(5)14-9(13)11-7/h1-2,12H,3-4,10H2,(H,11,13)/p-1.